The molecule has 0 radical (unpaired) electrons. The monoisotopic (exact) mass is 411 g/mol. The van der Waals surface area contributed by atoms with Crippen molar-refractivity contribution in [1.29, 1.82) is 0 Å². The van der Waals surface area contributed by atoms with Crippen molar-refractivity contribution in [2.24, 2.45) is 7.05 Å². The zero-order chi connectivity index (χ0) is 20.4. The average Bonchev–Trinajstić information content (AvgIpc) is 3.44. The molecule has 0 amide bonds. The van der Waals surface area contributed by atoms with Gasteiger partial charge in [0.25, 0.3) is 0 Å². The summed E-state index contributed by atoms with van der Waals surface area (Å²) in [4.78, 5) is 7.54. The molecule has 0 bridgehead atoms. The molecule has 30 heavy (non-hydrogen) atoms. The van der Waals surface area contributed by atoms with Crippen molar-refractivity contribution >= 4 is 33.1 Å². The molecule has 6 rings (SSSR count). The molecule has 2 aromatic carbocycles. The molecule has 3 aromatic heterocycles. The van der Waals surface area contributed by atoms with Gasteiger partial charge in [-0.15, -0.1) is 11.3 Å². The molecule has 4 heterocycles. The van der Waals surface area contributed by atoms with E-state index in [-0.39, 0.29) is 0 Å². The van der Waals surface area contributed by atoms with Gasteiger partial charge in [-0.1, -0.05) is 12.1 Å². The lowest BCUT2D eigenvalue weighted by molar-refractivity contribution is 0.310. The van der Waals surface area contributed by atoms with Gasteiger partial charge in [0.15, 0.2) is 0 Å². The summed E-state index contributed by atoms with van der Waals surface area (Å²) in [7, 11) is 4.32. The number of nitrogens with zero attached hydrogens (tertiary/aromatic N) is 2. The van der Waals surface area contributed by atoms with Crippen LogP contribution in [0.4, 0.5) is 0 Å². The molecule has 3 nitrogen and oxygen atoms in total. The van der Waals surface area contributed by atoms with Crippen LogP contribution < -0.4 is 0 Å². The van der Waals surface area contributed by atoms with Crippen LogP contribution in [0, 0.1) is 6.92 Å². The summed E-state index contributed by atoms with van der Waals surface area (Å²) in [6, 6.07) is 16.0. The van der Waals surface area contributed by atoms with Crippen LogP contribution in [0.25, 0.3) is 43.4 Å². The van der Waals surface area contributed by atoms with E-state index in [4.69, 9.17) is 0 Å². The smallest absolute Gasteiger partial charge is 0.0539 e. The zero-order valence-corrected chi connectivity index (χ0v) is 18.4. The number of aryl methyl sites for hydroxylation is 2. The Morgan fingerprint density at radius 1 is 1.00 bits per heavy atom. The lowest BCUT2D eigenvalue weighted by Crippen LogP contribution is -2.26. The second kappa shape index (κ2) is 6.59. The van der Waals surface area contributed by atoms with E-state index in [9.17, 15) is 0 Å². The maximum absolute atomic E-state index is 3.80. The minimum absolute atomic E-state index is 1.00. The Morgan fingerprint density at radius 2 is 1.90 bits per heavy atom. The third-order valence-corrected chi connectivity index (χ3v) is 7.49. The van der Waals surface area contributed by atoms with Crippen LogP contribution in [0.3, 0.4) is 0 Å². The van der Waals surface area contributed by atoms with Gasteiger partial charge in [0.05, 0.1) is 5.52 Å². The van der Waals surface area contributed by atoms with E-state index in [1.807, 2.05) is 11.3 Å². The van der Waals surface area contributed by atoms with Crippen LogP contribution in [-0.2, 0) is 20.0 Å². The summed E-state index contributed by atoms with van der Waals surface area (Å²) >= 11 is 1.83. The van der Waals surface area contributed by atoms with E-state index >= 15 is 0 Å². The lowest BCUT2D eigenvalue weighted by atomic mass is 9.96. The molecule has 1 N–H and O–H groups in total. The zero-order valence-electron chi connectivity index (χ0n) is 17.6. The summed E-state index contributed by atoms with van der Waals surface area (Å²) in [6.45, 7) is 4.35. The lowest BCUT2D eigenvalue weighted by Gasteiger charge is -2.22. The quantitative estimate of drug-likeness (QED) is 0.359. The van der Waals surface area contributed by atoms with Gasteiger partial charge >= 0.3 is 0 Å². The third-order valence-electron chi connectivity index (χ3n) is 6.53. The summed E-state index contributed by atoms with van der Waals surface area (Å²) in [5.41, 5.74) is 10.7. The second-order valence-electron chi connectivity index (χ2n) is 8.67. The van der Waals surface area contributed by atoms with Crippen molar-refractivity contribution in [3.63, 3.8) is 0 Å². The van der Waals surface area contributed by atoms with Gasteiger partial charge in [0.2, 0.25) is 0 Å². The number of rotatable bonds is 2. The van der Waals surface area contributed by atoms with Gasteiger partial charge in [0, 0.05) is 58.9 Å². The fourth-order valence-electron chi connectivity index (χ4n) is 4.98. The molecule has 0 aliphatic carbocycles. The Bertz CT molecular complexity index is 1420. The predicted molar refractivity (Wildman–Crippen MR) is 128 cm³/mol. The van der Waals surface area contributed by atoms with Gasteiger partial charge in [-0.25, -0.2) is 0 Å². The number of thiophene rings is 1. The summed E-state index contributed by atoms with van der Waals surface area (Å²) in [6.07, 6.45) is 3.25. The Hall–Kier alpha value is -2.82. The van der Waals surface area contributed by atoms with E-state index in [1.54, 1.807) is 0 Å². The van der Waals surface area contributed by atoms with Crippen molar-refractivity contribution in [3.8, 4) is 21.6 Å². The number of fused-ring (bicyclic) bond motifs is 4. The number of aromatic amines is 1. The van der Waals surface area contributed by atoms with Gasteiger partial charge < -0.3 is 14.5 Å². The average molecular weight is 412 g/mol. The fourth-order valence-corrected chi connectivity index (χ4v) is 5.89. The van der Waals surface area contributed by atoms with Crippen LogP contribution in [-0.4, -0.2) is 28.0 Å². The molecule has 5 aromatic rings. The molecule has 0 fully saturated rings. The second-order valence-corrected chi connectivity index (χ2v) is 9.58. The Labute approximate surface area is 180 Å². The van der Waals surface area contributed by atoms with E-state index < -0.39 is 0 Å². The maximum atomic E-state index is 3.80. The van der Waals surface area contributed by atoms with Crippen LogP contribution in [0.1, 0.15) is 16.8 Å². The van der Waals surface area contributed by atoms with Crippen LogP contribution >= 0.6 is 11.3 Å². The van der Waals surface area contributed by atoms with E-state index in [2.05, 4.69) is 89.5 Å². The molecule has 1 aliphatic heterocycles. The number of H-pyrrole nitrogens is 1. The number of nitrogens with one attached hydrogen (secondary N) is 1. The van der Waals surface area contributed by atoms with Crippen molar-refractivity contribution in [3.05, 3.63) is 70.9 Å². The molecular weight excluding hydrogens is 386 g/mol. The minimum atomic E-state index is 1.00. The van der Waals surface area contributed by atoms with Gasteiger partial charge in [-0.05, 0) is 78.2 Å². The van der Waals surface area contributed by atoms with Crippen LogP contribution in [0.5, 0.6) is 0 Å². The largest absolute Gasteiger partial charge is 0.357 e. The topological polar surface area (TPSA) is 24.0 Å². The molecular formula is C26H25N3S. The van der Waals surface area contributed by atoms with Crippen molar-refractivity contribution < 1.29 is 0 Å². The highest BCUT2D eigenvalue weighted by Crippen LogP contribution is 2.42. The highest BCUT2D eigenvalue weighted by molar-refractivity contribution is 7.14. The molecule has 4 heteroatoms. The highest BCUT2D eigenvalue weighted by Gasteiger charge is 2.22. The highest BCUT2D eigenvalue weighted by atomic mass is 32.1. The van der Waals surface area contributed by atoms with E-state index in [0.717, 1.165) is 19.5 Å². The van der Waals surface area contributed by atoms with Gasteiger partial charge in [-0.2, -0.15) is 0 Å². The normalized spacial score (nSPS) is 14.6. The Morgan fingerprint density at radius 3 is 2.80 bits per heavy atom. The van der Waals surface area contributed by atoms with E-state index in [1.165, 1.54) is 60.2 Å². The first kappa shape index (κ1) is 18.0. The molecule has 0 unspecified atom stereocenters. The molecule has 0 saturated heterocycles. The third kappa shape index (κ3) is 2.68. The molecule has 150 valence electrons. The molecule has 0 spiro atoms. The first-order valence-electron chi connectivity index (χ1n) is 10.5. The van der Waals surface area contributed by atoms with E-state index in [0.29, 0.717) is 0 Å². The Kier molecular flexibility index (Phi) is 3.95. The van der Waals surface area contributed by atoms with Crippen molar-refractivity contribution in [2.75, 3.05) is 13.6 Å². The first-order chi connectivity index (χ1) is 14.6. The number of hydrogen-bond donors (Lipinski definition) is 1. The SMILES string of the molecule is Cc1cc(-c2ccsc2-c2ccc3ccn(C)c3c2)c2[nH]c3c(c2c1)CCN(C)C3. The number of likely N-dealkylation sites (N-methyl/N-ethyl adjacent to an activating group) is 1. The maximum Gasteiger partial charge on any atom is 0.0539 e. The first-order valence-corrected chi connectivity index (χ1v) is 11.4. The number of hydrogen-bond acceptors (Lipinski definition) is 2. The summed E-state index contributed by atoms with van der Waals surface area (Å²) in [5, 5.41) is 4.92. The summed E-state index contributed by atoms with van der Waals surface area (Å²) in [5.74, 6) is 0. The van der Waals surface area contributed by atoms with Gasteiger partial charge in [-0.3, -0.25) is 0 Å². The Balaban J connectivity index is 1.57. The number of benzene rings is 2. The number of aromatic nitrogens is 2. The standard InChI is InChI=1S/C26H25N3S/c1-16-12-21-19-7-9-28(2)15-23(19)27-25(21)22(13-16)20-8-11-30-26(20)18-5-4-17-6-10-29(3)24(17)14-18/h4-6,8,10-14,27H,7,9,15H2,1-3H3. The van der Waals surface area contributed by atoms with Crippen LogP contribution in [0.15, 0.2) is 54.0 Å². The van der Waals surface area contributed by atoms with Crippen molar-refractivity contribution in [1.82, 2.24) is 14.5 Å². The predicted octanol–water partition coefficient (Wildman–Crippen LogP) is 6.35. The van der Waals surface area contributed by atoms with Gasteiger partial charge in [0.1, 0.15) is 0 Å². The fraction of sp³-hybridized carbons (Fsp3) is 0.231. The molecule has 0 saturated carbocycles. The van der Waals surface area contributed by atoms with Crippen LogP contribution in [0.2, 0.25) is 0 Å². The molecule has 1 aliphatic rings. The minimum Gasteiger partial charge on any atom is -0.357 e. The molecule has 0 atom stereocenters. The van der Waals surface area contributed by atoms with Crippen molar-refractivity contribution in [2.45, 2.75) is 19.9 Å². The summed E-state index contributed by atoms with van der Waals surface area (Å²) < 4.78 is 2.20.